The number of rotatable bonds is 6. The van der Waals surface area contributed by atoms with E-state index in [1.807, 2.05) is 0 Å². The van der Waals surface area contributed by atoms with Crippen LogP contribution in [0.15, 0.2) is 29.0 Å². The van der Waals surface area contributed by atoms with Crippen LogP contribution >= 0.6 is 0 Å². The van der Waals surface area contributed by atoms with E-state index in [1.165, 1.54) is 0 Å². The van der Waals surface area contributed by atoms with Crippen molar-refractivity contribution in [2.45, 2.75) is 25.5 Å². The molecular weight excluding hydrogens is 194 g/mol. The van der Waals surface area contributed by atoms with Crippen molar-refractivity contribution in [3.8, 4) is 12.3 Å². The molecule has 0 amide bonds. The Balaban J connectivity index is 4.72. The van der Waals surface area contributed by atoms with E-state index in [4.69, 9.17) is 6.42 Å². The number of allylic oxidation sites excluding steroid dienone is 2. The maximum atomic E-state index is 10.5. The second kappa shape index (κ2) is 7.65. The summed E-state index contributed by atoms with van der Waals surface area (Å²) in [5.41, 5.74) is 0.472. The Labute approximate surface area is 88.7 Å². The van der Waals surface area contributed by atoms with Gasteiger partial charge in [0.1, 0.15) is 12.1 Å². The Morgan fingerprint density at radius 3 is 2.73 bits per heavy atom. The van der Waals surface area contributed by atoms with Crippen LogP contribution in [-0.2, 0) is 4.79 Å². The molecule has 0 bridgehead atoms. The van der Waals surface area contributed by atoms with Crippen LogP contribution in [0.2, 0.25) is 0 Å². The molecule has 0 aromatic rings. The number of nitroso groups, excluding NO2 is 1. The highest BCUT2D eigenvalue weighted by Crippen LogP contribution is 2.12. The van der Waals surface area contributed by atoms with E-state index in [0.29, 0.717) is 12.0 Å². The summed E-state index contributed by atoms with van der Waals surface area (Å²) in [5.74, 6) is 2.39. The van der Waals surface area contributed by atoms with Gasteiger partial charge in [-0.05, 0) is 12.5 Å². The topological polar surface area (TPSA) is 66.7 Å². The zero-order valence-corrected chi connectivity index (χ0v) is 8.46. The molecule has 0 aliphatic heterocycles. The van der Waals surface area contributed by atoms with E-state index < -0.39 is 12.1 Å². The van der Waals surface area contributed by atoms with Crippen molar-refractivity contribution in [2.24, 2.45) is 5.18 Å². The highest BCUT2D eigenvalue weighted by molar-refractivity contribution is 5.59. The molecule has 0 saturated heterocycles. The van der Waals surface area contributed by atoms with Gasteiger partial charge in [0.2, 0.25) is 0 Å². The summed E-state index contributed by atoms with van der Waals surface area (Å²) < 4.78 is 0. The van der Waals surface area contributed by atoms with Gasteiger partial charge in [0, 0.05) is 6.42 Å². The number of nitrogens with zero attached hydrogens (tertiary/aromatic N) is 1. The van der Waals surface area contributed by atoms with Crippen LogP contribution in [0.3, 0.4) is 0 Å². The summed E-state index contributed by atoms with van der Waals surface area (Å²) in [7, 11) is 0. The zero-order valence-electron chi connectivity index (χ0n) is 8.46. The third-order valence-corrected chi connectivity index (χ3v) is 1.80. The van der Waals surface area contributed by atoms with Crippen LogP contribution in [0.1, 0.15) is 13.3 Å². The SMILES string of the molecule is C#CC/C=C\C(=C/C)C(N=O)C(O)C=O. The number of terminal acetylenes is 1. The summed E-state index contributed by atoms with van der Waals surface area (Å²) in [5, 5.41) is 11.9. The predicted molar refractivity (Wildman–Crippen MR) is 58.0 cm³/mol. The van der Waals surface area contributed by atoms with Crippen LogP contribution in [0, 0.1) is 17.3 Å². The summed E-state index contributed by atoms with van der Waals surface area (Å²) in [6.45, 7) is 1.69. The second-order valence-corrected chi connectivity index (χ2v) is 2.78. The van der Waals surface area contributed by atoms with Gasteiger partial charge < -0.3 is 9.90 Å². The minimum atomic E-state index is -1.41. The van der Waals surface area contributed by atoms with Gasteiger partial charge >= 0.3 is 0 Å². The zero-order chi connectivity index (χ0) is 11.7. The number of carbonyl (C=O) groups excluding carboxylic acids is 1. The fourth-order valence-corrected chi connectivity index (χ4v) is 1.02. The van der Waals surface area contributed by atoms with Crippen molar-refractivity contribution >= 4 is 6.29 Å². The van der Waals surface area contributed by atoms with Gasteiger partial charge in [-0.3, -0.25) is 0 Å². The van der Waals surface area contributed by atoms with Crippen LogP contribution in [0.4, 0.5) is 0 Å². The van der Waals surface area contributed by atoms with Gasteiger partial charge in [0.25, 0.3) is 0 Å². The van der Waals surface area contributed by atoms with Crippen LogP contribution in [0.25, 0.3) is 0 Å². The molecule has 0 aromatic carbocycles. The first-order valence-corrected chi connectivity index (χ1v) is 4.43. The maximum absolute atomic E-state index is 10.5. The Morgan fingerprint density at radius 1 is 1.67 bits per heavy atom. The molecule has 4 nitrogen and oxygen atoms in total. The van der Waals surface area contributed by atoms with Gasteiger partial charge in [-0.15, -0.1) is 12.3 Å². The van der Waals surface area contributed by atoms with E-state index in [0.717, 1.165) is 0 Å². The number of hydrogen-bond donors (Lipinski definition) is 1. The lowest BCUT2D eigenvalue weighted by Crippen LogP contribution is -2.26. The molecule has 2 unspecified atom stereocenters. The molecule has 0 aliphatic carbocycles. The van der Waals surface area contributed by atoms with Crippen molar-refractivity contribution in [1.82, 2.24) is 0 Å². The van der Waals surface area contributed by atoms with Gasteiger partial charge in [-0.1, -0.05) is 23.4 Å². The summed E-state index contributed by atoms with van der Waals surface area (Å²) in [6, 6.07) is -1.07. The molecule has 1 N–H and O–H groups in total. The van der Waals surface area contributed by atoms with Gasteiger partial charge in [0.15, 0.2) is 6.29 Å². The van der Waals surface area contributed by atoms with Crippen molar-refractivity contribution < 1.29 is 9.90 Å². The average Bonchev–Trinajstić information content (AvgIpc) is 2.27. The van der Waals surface area contributed by atoms with E-state index >= 15 is 0 Å². The third kappa shape index (κ3) is 4.34. The summed E-state index contributed by atoms with van der Waals surface area (Å²) >= 11 is 0. The molecule has 0 aliphatic rings. The Kier molecular flexibility index (Phi) is 6.77. The van der Waals surface area contributed by atoms with Gasteiger partial charge in [-0.2, -0.15) is 4.91 Å². The number of aliphatic hydroxyl groups excluding tert-OH is 1. The van der Waals surface area contributed by atoms with Gasteiger partial charge in [-0.25, -0.2) is 0 Å². The molecule has 0 heterocycles. The summed E-state index contributed by atoms with van der Waals surface area (Å²) in [4.78, 5) is 20.8. The normalized spacial score (nSPS) is 15.7. The smallest absolute Gasteiger partial charge is 0.151 e. The predicted octanol–water partition coefficient (Wildman–Crippen LogP) is 1.21. The van der Waals surface area contributed by atoms with Crippen LogP contribution in [-0.4, -0.2) is 23.5 Å². The van der Waals surface area contributed by atoms with Crippen molar-refractivity contribution in [3.05, 3.63) is 28.7 Å². The highest BCUT2D eigenvalue weighted by Gasteiger charge is 2.21. The van der Waals surface area contributed by atoms with E-state index in [2.05, 4.69) is 11.1 Å². The summed E-state index contributed by atoms with van der Waals surface area (Å²) in [6.07, 6.45) is 9.17. The molecule has 0 radical (unpaired) electrons. The van der Waals surface area contributed by atoms with Gasteiger partial charge in [0.05, 0.1) is 0 Å². The lowest BCUT2D eigenvalue weighted by molar-refractivity contribution is -0.115. The molecule has 0 saturated carbocycles. The molecule has 15 heavy (non-hydrogen) atoms. The molecule has 0 spiro atoms. The molecular formula is C11H13NO3. The van der Waals surface area contributed by atoms with Crippen LogP contribution in [0.5, 0.6) is 0 Å². The molecule has 2 atom stereocenters. The highest BCUT2D eigenvalue weighted by atomic mass is 16.3. The molecule has 4 heteroatoms. The minimum Gasteiger partial charge on any atom is -0.383 e. The first kappa shape index (κ1) is 13.3. The molecule has 0 rings (SSSR count). The standard InChI is InChI=1S/C11H13NO3/c1-3-5-6-7-9(4-2)11(12-15)10(14)8-13/h1,4,6-8,10-11,14H,5H2,2H3/b7-6-,9-4+. The van der Waals surface area contributed by atoms with Crippen LogP contribution < -0.4 is 0 Å². The van der Waals surface area contributed by atoms with Crippen molar-refractivity contribution in [3.63, 3.8) is 0 Å². The Morgan fingerprint density at radius 2 is 2.33 bits per heavy atom. The Bertz CT molecular complexity index is 312. The Hall–Kier alpha value is -1.73. The minimum absolute atomic E-state index is 0.282. The average molecular weight is 207 g/mol. The number of hydrogen-bond acceptors (Lipinski definition) is 4. The first-order valence-electron chi connectivity index (χ1n) is 4.43. The maximum Gasteiger partial charge on any atom is 0.151 e. The fourth-order valence-electron chi connectivity index (χ4n) is 1.02. The van der Waals surface area contributed by atoms with Crippen molar-refractivity contribution in [2.75, 3.05) is 0 Å². The fraction of sp³-hybridized carbons (Fsp3) is 0.364. The largest absolute Gasteiger partial charge is 0.383 e. The third-order valence-electron chi connectivity index (χ3n) is 1.80. The number of aliphatic hydroxyl groups is 1. The van der Waals surface area contributed by atoms with Crippen molar-refractivity contribution in [1.29, 1.82) is 0 Å². The molecule has 0 aromatic heterocycles. The second-order valence-electron chi connectivity index (χ2n) is 2.78. The lowest BCUT2D eigenvalue weighted by atomic mass is 10.0. The lowest BCUT2D eigenvalue weighted by Gasteiger charge is -2.11. The number of aldehydes is 1. The van der Waals surface area contributed by atoms with E-state index in [-0.39, 0.29) is 6.29 Å². The molecule has 0 fully saturated rings. The van der Waals surface area contributed by atoms with E-state index in [1.54, 1.807) is 25.2 Å². The molecule has 80 valence electrons. The number of carbonyl (C=O) groups is 1. The quantitative estimate of drug-likeness (QED) is 0.308. The monoisotopic (exact) mass is 207 g/mol. The van der Waals surface area contributed by atoms with E-state index in [9.17, 15) is 14.8 Å². The first-order chi connectivity index (χ1) is 7.21.